The maximum absolute atomic E-state index is 11.7. The van der Waals surface area contributed by atoms with Crippen molar-refractivity contribution in [2.75, 3.05) is 6.67 Å². The molecule has 1 rings (SSSR count). The fourth-order valence-corrected chi connectivity index (χ4v) is 0.635. The van der Waals surface area contributed by atoms with Crippen molar-refractivity contribution in [3.05, 3.63) is 28.7 Å². The van der Waals surface area contributed by atoms with Crippen LogP contribution < -0.4 is 5.56 Å². The van der Waals surface area contributed by atoms with E-state index in [0.29, 0.717) is 0 Å². The van der Waals surface area contributed by atoms with E-state index in [1.807, 2.05) is 0 Å². The topological polar surface area (TPSA) is 34.9 Å². The van der Waals surface area contributed by atoms with E-state index in [1.54, 1.807) is 0 Å². The van der Waals surface area contributed by atoms with Gasteiger partial charge in [-0.2, -0.15) is 5.10 Å². The first-order chi connectivity index (χ1) is 4.84. The molecule has 0 bridgehead atoms. The molecule has 0 spiro atoms. The van der Waals surface area contributed by atoms with Crippen LogP contribution in [-0.2, 0) is 6.54 Å². The Bertz CT molecular complexity index is 258. The molecule has 0 saturated carbocycles. The van der Waals surface area contributed by atoms with Crippen molar-refractivity contribution in [1.82, 2.24) is 9.78 Å². The monoisotopic (exact) mass is 142 g/mol. The Kier molecular flexibility index (Phi) is 2.15. The van der Waals surface area contributed by atoms with Crippen molar-refractivity contribution in [2.24, 2.45) is 0 Å². The molecule has 54 valence electrons. The third-order valence-corrected chi connectivity index (χ3v) is 1.08. The summed E-state index contributed by atoms with van der Waals surface area (Å²) in [6.45, 7) is -0.517. The minimum absolute atomic E-state index is 0.0413. The van der Waals surface area contributed by atoms with Crippen LogP contribution in [0.5, 0.6) is 0 Å². The normalized spacial score (nSPS) is 9.70. The first kappa shape index (κ1) is 6.92. The second-order valence-corrected chi connectivity index (χ2v) is 1.77. The van der Waals surface area contributed by atoms with Crippen LogP contribution in [0, 0.1) is 0 Å². The highest BCUT2D eigenvalue weighted by molar-refractivity contribution is 4.84. The van der Waals surface area contributed by atoms with Crippen LogP contribution in [0.4, 0.5) is 4.39 Å². The molecule has 0 radical (unpaired) electrons. The molecule has 0 fully saturated rings. The van der Waals surface area contributed by atoms with E-state index in [0.717, 1.165) is 4.68 Å². The van der Waals surface area contributed by atoms with Crippen LogP contribution >= 0.6 is 0 Å². The number of alkyl halides is 1. The first-order valence-corrected chi connectivity index (χ1v) is 2.92. The summed E-state index contributed by atoms with van der Waals surface area (Å²) in [4.78, 5) is 10.7. The number of halogens is 1. The molecule has 0 aromatic carbocycles. The lowest BCUT2D eigenvalue weighted by atomic mass is 10.5. The minimum Gasteiger partial charge on any atom is -0.268 e. The zero-order valence-electron chi connectivity index (χ0n) is 5.33. The van der Waals surface area contributed by atoms with Gasteiger partial charge >= 0.3 is 0 Å². The van der Waals surface area contributed by atoms with Crippen molar-refractivity contribution in [2.45, 2.75) is 6.54 Å². The van der Waals surface area contributed by atoms with E-state index in [1.165, 1.54) is 18.3 Å². The average Bonchev–Trinajstić information content (AvgIpc) is 1.94. The number of aromatic nitrogens is 2. The molecule has 0 saturated heterocycles. The van der Waals surface area contributed by atoms with Gasteiger partial charge in [-0.05, 0) is 6.07 Å². The van der Waals surface area contributed by atoms with Crippen LogP contribution in [0.2, 0.25) is 0 Å². The van der Waals surface area contributed by atoms with Gasteiger partial charge in [0.15, 0.2) is 0 Å². The summed E-state index contributed by atoms with van der Waals surface area (Å²) < 4.78 is 12.7. The smallest absolute Gasteiger partial charge is 0.266 e. The zero-order chi connectivity index (χ0) is 7.40. The van der Waals surface area contributed by atoms with Gasteiger partial charge in [0.1, 0.15) is 6.67 Å². The van der Waals surface area contributed by atoms with Gasteiger partial charge in [0.2, 0.25) is 0 Å². The lowest BCUT2D eigenvalue weighted by Gasteiger charge is -1.96. The Hall–Kier alpha value is -1.19. The minimum atomic E-state index is -0.559. The van der Waals surface area contributed by atoms with Gasteiger partial charge in [-0.15, -0.1) is 0 Å². The fraction of sp³-hybridized carbons (Fsp3) is 0.333. The lowest BCUT2D eigenvalue weighted by Crippen LogP contribution is -2.21. The highest BCUT2D eigenvalue weighted by Gasteiger charge is 1.91. The summed E-state index contributed by atoms with van der Waals surface area (Å²) in [6, 6.07) is 2.87. The summed E-state index contributed by atoms with van der Waals surface area (Å²) in [5, 5.41) is 3.63. The molecule has 1 heterocycles. The second-order valence-electron chi connectivity index (χ2n) is 1.77. The summed E-state index contributed by atoms with van der Waals surface area (Å²) in [5.74, 6) is 0. The maximum Gasteiger partial charge on any atom is 0.266 e. The molecule has 1 aromatic rings. The maximum atomic E-state index is 11.7. The molecular weight excluding hydrogens is 135 g/mol. The molecule has 4 heteroatoms. The SMILES string of the molecule is O=c1cccnn1CCF. The highest BCUT2D eigenvalue weighted by atomic mass is 19.1. The quantitative estimate of drug-likeness (QED) is 0.591. The third kappa shape index (κ3) is 1.40. The lowest BCUT2D eigenvalue weighted by molar-refractivity contribution is 0.417. The van der Waals surface area contributed by atoms with Crippen molar-refractivity contribution in [3.63, 3.8) is 0 Å². The van der Waals surface area contributed by atoms with Crippen molar-refractivity contribution >= 4 is 0 Å². The molecule has 0 N–H and O–H groups in total. The molecule has 0 aliphatic rings. The van der Waals surface area contributed by atoms with Gasteiger partial charge < -0.3 is 0 Å². The Balaban J connectivity index is 2.92. The fourth-order valence-electron chi connectivity index (χ4n) is 0.635. The van der Waals surface area contributed by atoms with Crippen LogP contribution in [0.3, 0.4) is 0 Å². The second kappa shape index (κ2) is 3.10. The number of hydrogen-bond donors (Lipinski definition) is 0. The van der Waals surface area contributed by atoms with Crippen LogP contribution in [0.1, 0.15) is 0 Å². The summed E-state index contributed by atoms with van der Waals surface area (Å²) in [7, 11) is 0. The molecule has 0 atom stereocenters. The number of rotatable bonds is 2. The zero-order valence-corrected chi connectivity index (χ0v) is 5.33. The Morgan fingerprint density at radius 3 is 3.10 bits per heavy atom. The van der Waals surface area contributed by atoms with Gasteiger partial charge in [-0.1, -0.05) is 0 Å². The van der Waals surface area contributed by atoms with Crippen LogP contribution in [-0.4, -0.2) is 16.5 Å². The van der Waals surface area contributed by atoms with Gasteiger partial charge in [0.25, 0.3) is 5.56 Å². The van der Waals surface area contributed by atoms with Crippen LogP contribution in [0.25, 0.3) is 0 Å². The molecule has 3 nitrogen and oxygen atoms in total. The van der Waals surface area contributed by atoms with Gasteiger partial charge in [-0.25, -0.2) is 9.07 Å². The molecule has 10 heavy (non-hydrogen) atoms. The number of nitrogens with zero attached hydrogens (tertiary/aromatic N) is 2. The van der Waals surface area contributed by atoms with E-state index in [-0.39, 0.29) is 12.1 Å². The van der Waals surface area contributed by atoms with E-state index < -0.39 is 6.67 Å². The van der Waals surface area contributed by atoms with E-state index in [2.05, 4.69) is 5.10 Å². The molecular formula is C6H7FN2O. The molecule has 0 unspecified atom stereocenters. The molecule has 0 aliphatic carbocycles. The summed E-state index contributed by atoms with van der Waals surface area (Å²) in [6.07, 6.45) is 1.46. The Morgan fingerprint density at radius 2 is 2.50 bits per heavy atom. The summed E-state index contributed by atoms with van der Waals surface area (Å²) in [5.41, 5.74) is -0.264. The molecule has 0 aliphatic heterocycles. The Labute approximate surface area is 57.1 Å². The predicted molar refractivity (Wildman–Crippen MR) is 34.5 cm³/mol. The summed E-state index contributed by atoms with van der Waals surface area (Å²) >= 11 is 0. The van der Waals surface area contributed by atoms with Gasteiger partial charge in [0, 0.05) is 12.3 Å². The first-order valence-electron chi connectivity index (χ1n) is 2.92. The standard InChI is InChI=1S/C6H7FN2O/c7-3-5-9-6(10)2-1-4-8-9/h1-2,4H,3,5H2. The van der Waals surface area contributed by atoms with Crippen molar-refractivity contribution < 1.29 is 4.39 Å². The van der Waals surface area contributed by atoms with Crippen molar-refractivity contribution in [3.8, 4) is 0 Å². The van der Waals surface area contributed by atoms with Gasteiger partial charge in [-0.3, -0.25) is 4.79 Å². The highest BCUT2D eigenvalue weighted by Crippen LogP contribution is 1.76. The Morgan fingerprint density at radius 1 is 1.70 bits per heavy atom. The largest absolute Gasteiger partial charge is 0.268 e. The third-order valence-electron chi connectivity index (χ3n) is 1.08. The van der Waals surface area contributed by atoms with E-state index >= 15 is 0 Å². The van der Waals surface area contributed by atoms with Crippen LogP contribution in [0.15, 0.2) is 23.1 Å². The van der Waals surface area contributed by atoms with Gasteiger partial charge in [0.05, 0.1) is 6.54 Å². The predicted octanol–water partition coefficient (Wildman–Crippen LogP) is 0.213. The molecule has 1 aromatic heterocycles. The molecule has 0 amide bonds. The number of hydrogen-bond acceptors (Lipinski definition) is 2. The van der Waals surface area contributed by atoms with E-state index in [9.17, 15) is 9.18 Å². The van der Waals surface area contributed by atoms with Crippen molar-refractivity contribution in [1.29, 1.82) is 0 Å². The van der Waals surface area contributed by atoms with E-state index in [4.69, 9.17) is 0 Å². The number of aryl methyl sites for hydroxylation is 1. The average molecular weight is 142 g/mol.